The highest BCUT2D eigenvalue weighted by Crippen LogP contribution is 2.51. The van der Waals surface area contributed by atoms with Crippen molar-refractivity contribution < 1.29 is 32.9 Å². The molecular formula is C32H70NO6S+. The van der Waals surface area contributed by atoms with Gasteiger partial charge in [0.05, 0.1) is 65.3 Å². The lowest BCUT2D eigenvalue weighted by molar-refractivity contribution is -0.890. The van der Waals surface area contributed by atoms with Gasteiger partial charge in [0.25, 0.3) is 0 Å². The molecule has 3 atom stereocenters. The summed E-state index contributed by atoms with van der Waals surface area (Å²) in [7, 11) is 2.46. The molecule has 0 saturated heterocycles. The van der Waals surface area contributed by atoms with Gasteiger partial charge in [-0.2, -0.15) is 10.6 Å². The summed E-state index contributed by atoms with van der Waals surface area (Å²) in [5, 5.41) is 29.3. The summed E-state index contributed by atoms with van der Waals surface area (Å²) >= 11 is 0. The maximum Gasteiger partial charge on any atom is 0.136 e. The lowest BCUT2D eigenvalue weighted by Gasteiger charge is -2.44. The van der Waals surface area contributed by atoms with Crippen LogP contribution in [0.3, 0.4) is 0 Å². The standard InChI is InChI=1S/C32H70NO6S/c1-7-8-9-10-11-12-13-14-15-16-17-18-19-20-21-23-33(5,6)24-22-25-40(38-27-31(3)35,39-28-32(4)36)29-37-26-30(2)34/h30-32,34-36H,7-29H2,1-6H3/q+1. The van der Waals surface area contributed by atoms with Gasteiger partial charge in [-0.05, 0) is 33.6 Å². The van der Waals surface area contributed by atoms with Gasteiger partial charge in [0.2, 0.25) is 0 Å². The Bertz CT molecular complexity index is 535. The number of aliphatic hydroxyl groups excluding tert-OH is 3. The molecule has 0 heterocycles. The Hall–Kier alpha value is 0.0700. The van der Waals surface area contributed by atoms with Crippen LogP contribution < -0.4 is 0 Å². The fourth-order valence-electron chi connectivity index (χ4n) is 4.80. The van der Waals surface area contributed by atoms with Gasteiger partial charge in [0.1, 0.15) is 5.94 Å². The van der Waals surface area contributed by atoms with Crippen molar-refractivity contribution in [3.8, 4) is 0 Å². The van der Waals surface area contributed by atoms with E-state index in [0.29, 0.717) is 5.75 Å². The molecule has 0 aliphatic heterocycles. The van der Waals surface area contributed by atoms with E-state index in [9.17, 15) is 15.3 Å². The summed E-state index contributed by atoms with van der Waals surface area (Å²) in [6.45, 7) is 10.0. The van der Waals surface area contributed by atoms with Gasteiger partial charge in [0, 0.05) is 12.2 Å². The molecule has 0 rings (SSSR count). The minimum absolute atomic E-state index is 0.157. The Morgan fingerprint density at radius 1 is 0.550 bits per heavy atom. The van der Waals surface area contributed by atoms with Crippen LogP contribution in [0.5, 0.6) is 0 Å². The number of rotatable bonds is 30. The van der Waals surface area contributed by atoms with Crippen molar-refractivity contribution >= 4 is 10.6 Å². The van der Waals surface area contributed by atoms with Crippen LogP contribution in [0.4, 0.5) is 0 Å². The van der Waals surface area contributed by atoms with E-state index >= 15 is 0 Å². The SMILES string of the molecule is CCCCCCCCCCCCCCCCC[N+](C)(C)CCCS(COCC(C)O)(OCC(C)O)OCC(C)O. The first kappa shape index (κ1) is 40.1. The van der Waals surface area contributed by atoms with E-state index in [1.807, 2.05) is 0 Å². The third-order valence-electron chi connectivity index (χ3n) is 7.26. The summed E-state index contributed by atoms with van der Waals surface area (Å²) < 4.78 is 18.9. The molecule has 0 bridgehead atoms. The van der Waals surface area contributed by atoms with Gasteiger partial charge in [-0.25, -0.2) is 0 Å². The van der Waals surface area contributed by atoms with Crippen molar-refractivity contribution in [3.63, 3.8) is 0 Å². The third kappa shape index (κ3) is 25.8. The normalized spacial score (nSPS) is 16.9. The van der Waals surface area contributed by atoms with Crippen LogP contribution >= 0.6 is 10.6 Å². The van der Waals surface area contributed by atoms with E-state index < -0.39 is 28.9 Å². The van der Waals surface area contributed by atoms with E-state index in [-0.39, 0.29) is 25.8 Å². The van der Waals surface area contributed by atoms with E-state index in [1.165, 1.54) is 96.3 Å². The van der Waals surface area contributed by atoms with Crippen LogP contribution in [0, 0.1) is 0 Å². The summed E-state index contributed by atoms with van der Waals surface area (Å²) in [6.07, 6.45) is 19.9. The molecule has 0 aromatic rings. The maximum atomic E-state index is 9.82. The molecule has 0 spiro atoms. The molecule has 3 N–H and O–H groups in total. The fraction of sp³-hybridized carbons (Fsp3) is 1.00. The number of hydrogen-bond acceptors (Lipinski definition) is 6. The van der Waals surface area contributed by atoms with E-state index in [1.54, 1.807) is 20.8 Å². The highest BCUT2D eigenvalue weighted by Gasteiger charge is 2.26. The molecule has 7 nitrogen and oxygen atoms in total. The molecule has 0 fully saturated rings. The Balaban J connectivity index is 4.25. The molecule has 8 heteroatoms. The number of unbranched alkanes of at least 4 members (excludes halogenated alkanes) is 14. The van der Waals surface area contributed by atoms with Crippen LogP contribution in [-0.4, -0.2) is 96.8 Å². The Morgan fingerprint density at radius 2 is 0.925 bits per heavy atom. The predicted octanol–water partition coefficient (Wildman–Crippen LogP) is 7.11. The molecule has 0 aromatic heterocycles. The monoisotopic (exact) mass is 596 g/mol. The Morgan fingerprint density at radius 3 is 1.32 bits per heavy atom. The maximum absolute atomic E-state index is 9.82. The zero-order chi connectivity index (χ0) is 30.1. The van der Waals surface area contributed by atoms with Crippen LogP contribution in [0.15, 0.2) is 0 Å². The predicted molar refractivity (Wildman–Crippen MR) is 172 cm³/mol. The highest BCUT2D eigenvalue weighted by molar-refractivity contribution is 8.25. The highest BCUT2D eigenvalue weighted by atomic mass is 32.3. The van der Waals surface area contributed by atoms with Crippen LogP contribution in [0.25, 0.3) is 0 Å². The Labute approximate surface area is 250 Å². The van der Waals surface area contributed by atoms with Crippen LogP contribution in [0.1, 0.15) is 130 Å². The fourth-order valence-corrected chi connectivity index (χ4v) is 7.17. The van der Waals surface area contributed by atoms with Gasteiger partial charge in [-0.1, -0.05) is 90.4 Å². The van der Waals surface area contributed by atoms with Crippen molar-refractivity contribution in [3.05, 3.63) is 0 Å². The summed E-state index contributed by atoms with van der Waals surface area (Å²) in [5.41, 5.74) is 0. The smallest absolute Gasteiger partial charge is 0.136 e. The van der Waals surface area contributed by atoms with Crippen LogP contribution in [0.2, 0.25) is 0 Å². The van der Waals surface area contributed by atoms with Crippen molar-refractivity contribution in [1.82, 2.24) is 0 Å². The number of quaternary nitrogens is 1. The van der Waals surface area contributed by atoms with Crippen molar-refractivity contribution in [2.24, 2.45) is 0 Å². The molecular weight excluding hydrogens is 526 g/mol. The number of nitrogens with zero attached hydrogens (tertiary/aromatic N) is 1. The second kappa shape index (κ2) is 25.6. The average Bonchev–Trinajstić information content (AvgIpc) is 2.88. The van der Waals surface area contributed by atoms with Gasteiger partial charge >= 0.3 is 0 Å². The zero-order valence-electron chi connectivity index (χ0n) is 27.4. The largest absolute Gasteiger partial charge is 0.391 e. The van der Waals surface area contributed by atoms with Crippen LogP contribution in [-0.2, 0) is 13.1 Å². The second-order valence-electron chi connectivity index (χ2n) is 12.7. The van der Waals surface area contributed by atoms with Crippen molar-refractivity contribution in [2.45, 2.75) is 149 Å². The van der Waals surface area contributed by atoms with Crippen molar-refractivity contribution in [1.29, 1.82) is 0 Å². The Kier molecular flexibility index (Phi) is 25.6. The van der Waals surface area contributed by atoms with E-state index in [2.05, 4.69) is 21.0 Å². The first-order chi connectivity index (χ1) is 19.0. The third-order valence-corrected chi connectivity index (χ3v) is 9.82. The first-order valence-corrected chi connectivity index (χ1v) is 18.4. The summed E-state index contributed by atoms with van der Waals surface area (Å²) in [6, 6.07) is 0. The summed E-state index contributed by atoms with van der Waals surface area (Å²) in [4.78, 5) is 0. The number of hydrogen-bond donors (Lipinski definition) is 3. The molecule has 0 aliphatic carbocycles. The minimum atomic E-state index is -2.12. The van der Waals surface area contributed by atoms with Gasteiger partial charge in [-0.15, -0.1) is 0 Å². The van der Waals surface area contributed by atoms with Gasteiger partial charge in [-0.3, -0.25) is 8.37 Å². The second-order valence-corrected chi connectivity index (χ2v) is 15.3. The molecule has 0 amide bonds. The zero-order valence-corrected chi connectivity index (χ0v) is 28.2. The van der Waals surface area contributed by atoms with Crippen molar-refractivity contribution in [2.75, 3.05) is 58.7 Å². The number of aliphatic hydroxyl groups is 3. The molecule has 40 heavy (non-hydrogen) atoms. The average molecular weight is 597 g/mol. The molecule has 0 saturated carbocycles. The lowest BCUT2D eigenvalue weighted by Crippen LogP contribution is -2.42. The van der Waals surface area contributed by atoms with E-state index in [4.69, 9.17) is 13.1 Å². The molecule has 3 unspecified atom stereocenters. The molecule has 0 radical (unpaired) electrons. The number of ether oxygens (including phenoxy) is 1. The topological polar surface area (TPSA) is 88.4 Å². The van der Waals surface area contributed by atoms with Gasteiger partial charge in [0.15, 0.2) is 0 Å². The van der Waals surface area contributed by atoms with E-state index in [0.717, 1.165) is 24.0 Å². The molecule has 0 aliphatic rings. The van der Waals surface area contributed by atoms with Gasteiger partial charge < -0.3 is 24.5 Å². The first-order valence-electron chi connectivity index (χ1n) is 16.5. The summed E-state index contributed by atoms with van der Waals surface area (Å²) in [5.74, 6) is 0.899. The minimum Gasteiger partial charge on any atom is -0.391 e. The molecule has 244 valence electrons. The quantitative estimate of drug-likeness (QED) is 0.0605. The molecule has 0 aromatic carbocycles. The lowest BCUT2D eigenvalue weighted by atomic mass is 10.0.